The van der Waals surface area contributed by atoms with E-state index in [0.29, 0.717) is 17.9 Å². The minimum atomic E-state index is 0.167. The molecule has 0 heterocycles. The first kappa shape index (κ1) is 18.1. The first-order valence-electron chi connectivity index (χ1n) is 8.76. The van der Waals surface area contributed by atoms with E-state index in [2.05, 4.69) is 6.92 Å². The number of phenolic OH excluding ortho intramolecular Hbond substituents is 1. The summed E-state index contributed by atoms with van der Waals surface area (Å²) < 4.78 is 5.90. The van der Waals surface area contributed by atoms with E-state index in [-0.39, 0.29) is 5.75 Å². The Morgan fingerprint density at radius 2 is 1.71 bits per heavy atom. The molecule has 0 saturated carbocycles. The van der Waals surface area contributed by atoms with Crippen molar-refractivity contribution in [2.45, 2.75) is 45.4 Å². The molecule has 0 aromatic heterocycles. The molecule has 24 heavy (non-hydrogen) atoms. The summed E-state index contributed by atoms with van der Waals surface area (Å²) in [7, 11) is 0. The van der Waals surface area contributed by atoms with Crippen LogP contribution < -0.4 is 4.74 Å². The summed E-state index contributed by atoms with van der Waals surface area (Å²) in [5.41, 5.74) is 2.28. The number of phenols is 1. The first-order valence-corrected chi connectivity index (χ1v) is 8.76. The molecule has 2 aromatic carbocycles. The van der Waals surface area contributed by atoms with Crippen LogP contribution in [0.2, 0.25) is 0 Å². The molecule has 0 aliphatic carbocycles. The van der Waals surface area contributed by atoms with Gasteiger partial charge < -0.3 is 9.84 Å². The average Bonchev–Trinajstić information content (AvgIpc) is 2.61. The smallest absolute Gasteiger partial charge is 0.150 e. The minimum absolute atomic E-state index is 0.167. The number of rotatable bonds is 10. The molecule has 2 rings (SSSR count). The van der Waals surface area contributed by atoms with Gasteiger partial charge in [0, 0.05) is 17.2 Å². The van der Waals surface area contributed by atoms with Crippen LogP contribution in [0.4, 0.5) is 0 Å². The van der Waals surface area contributed by atoms with E-state index < -0.39 is 0 Å². The highest BCUT2D eigenvalue weighted by molar-refractivity contribution is 5.89. The van der Waals surface area contributed by atoms with Crippen molar-refractivity contribution < 1.29 is 14.6 Å². The van der Waals surface area contributed by atoms with Crippen molar-refractivity contribution in [2.24, 2.45) is 0 Å². The summed E-state index contributed by atoms with van der Waals surface area (Å²) in [6.45, 7) is 2.83. The van der Waals surface area contributed by atoms with E-state index in [0.717, 1.165) is 30.3 Å². The second kappa shape index (κ2) is 9.76. The molecule has 1 N–H and O–H groups in total. The monoisotopic (exact) mass is 326 g/mol. The quantitative estimate of drug-likeness (QED) is 0.456. The van der Waals surface area contributed by atoms with Crippen molar-refractivity contribution in [3.8, 4) is 22.6 Å². The Labute approximate surface area is 144 Å². The molecule has 0 amide bonds. The molecule has 0 atom stereocenters. The average molecular weight is 326 g/mol. The van der Waals surface area contributed by atoms with Crippen LogP contribution in [0, 0.1) is 0 Å². The zero-order valence-corrected chi connectivity index (χ0v) is 14.3. The van der Waals surface area contributed by atoms with Gasteiger partial charge in [-0.25, -0.2) is 0 Å². The van der Waals surface area contributed by atoms with Crippen LogP contribution in [0.1, 0.15) is 55.8 Å². The van der Waals surface area contributed by atoms with Crippen molar-refractivity contribution in [2.75, 3.05) is 6.61 Å². The van der Waals surface area contributed by atoms with Gasteiger partial charge >= 0.3 is 0 Å². The number of aldehydes is 1. The fraction of sp³-hybridized carbons (Fsp3) is 0.381. The maximum atomic E-state index is 11.3. The minimum Gasteiger partial charge on any atom is -0.508 e. The van der Waals surface area contributed by atoms with Crippen molar-refractivity contribution in [3.05, 3.63) is 48.0 Å². The third-order valence-electron chi connectivity index (χ3n) is 4.10. The number of ether oxygens (including phenoxy) is 1. The van der Waals surface area contributed by atoms with Gasteiger partial charge in [-0.2, -0.15) is 0 Å². The van der Waals surface area contributed by atoms with E-state index in [9.17, 15) is 9.90 Å². The molecule has 3 nitrogen and oxygen atoms in total. The van der Waals surface area contributed by atoms with Gasteiger partial charge in [-0.3, -0.25) is 4.79 Å². The molecule has 0 saturated heterocycles. The Kier molecular flexibility index (Phi) is 7.34. The molecule has 0 spiro atoms. The van der Waals surface area contributed by atoms with Gasteiger partial charge in [-0.05, 0) is 24.1 Å². The SMILES string of the molecule is CCCCCCCCOc1cc(O)ccc1-c1ccccc1C=O. The Balaban J connectivity index is 2.04. The summed E-state index contributed by atoms with van der Waals surface area (Å²) in [4.78, 5) is 11.3. The van der Waals surface area contributed by atoms with Crippen molar-refractivity contribution in [1.29, 1.82) is 0 Å². The second-order valence-electron chi connectivity index (χ2n) is 6.00. The van der Waals surface area contributed by atoms with E-state index in [4.69, 9.17) is 4.74 Å². The zero-order valence-electron chi connectivity index (χ0n) is 14.3. The largest absolute Gasteiger partial charge is 0.508 e. The van der Waals surface area contributed by atoms with Crippen LogP contribution in [0.15, 0.2) is 42.5 Å². The van der Waals surface area contributed by atoms with E-state index in [1.165, 1.54) is 25.7 Å². The summed E-state index contributed by atoms with van der Waals surface area (Å²) >= 11 is 0. The number of carbonyl (C=O) groups is 1. The van der Waals surface area contributed by atoms with Crippen LogP contribution in [-0.4, -0.2) is 18.0 Å². The second-order valence-corrected chi connectivity index (χ2v) is 6.00. The van der Waals surface area contributed by atoms with Crippen molar-refractivity contribution >= 4 is 6.29 Å². The lowest BCUT2D eigenvalue weighted by Gasteiger charge is -2.13. The zero-order chi connectivity index (χ0) is 17.2. The number of benzene rings is 2. The fourth-order valence-corrected chi connectivity index (χ4v) is 2.76. The highest BCUT2D eigenvalue weighted by atomic mass is 16.5. The molecular formula is C21H26O3. The predicted octanol–water partition coefficient (Wildman–Crippen LogP) is 5.61. The molecule has 0 fully saturated rings. The fourth-order valence-electron chi connectivity index (χ4n) is 2.76. The van der Waals surface area contributed by atoms with Crippen LogP contribution in [-0.2, 0) is 0 Å². The standard InChI is InChI=1S/C21H26O3/c1-2-3-4-5-6-9-14-24-21-15-18(23)12-13-20(21)19-11-8-7-10-17(19)16-22/h7-8,10-13,15-16,23H,2-6,9,14H2,1H3. The van der Waals surface area contributed by atoms with Gasteiger partial charge in [0.25, 0.3) is 0 Å². The maximum Gasteiger partial charge on any atom is 0.150 e. The highest BCUT2D eigenvalue weighted by Gasteiger charge is 2.11. The van der Waals surface area contributed by atoms with Crippen LogP contribution in [0.3, 0.4) is 0 Å². The van der Waals surface area contributed by atoms with Crippen molar-refractivity contribution in [1.82, 2.24) is 0 Å². The highest BCUT2D eigenvalue weighted by Crippen LogP contribution is 2.34. The number of hydrogen-bond donors (Lipinski definition) is 1. The lowest BCUT2D eigenvalue weighted by molar-refractivity contribution is 0.112. The normalized spacial score (nSPS) is 10.5. The summed E-state index contributed by atoms with van der Waals surface area (Å²) in [6, 6.07) is 12.5. The molecule has 0 radical (unpaired) electrons. The van der Waals surface area contributed by atoms with Crippen LogP contribution >= 0.6 is 0 Å². The summed E-state index contributed by atoms with van der Waals surface area (Å²) in [5, 5.41) is 9.76. The van der Waals surface area contributed by atoms with Crippen LogP contribution in [0.5, 0.6) is 11.5 Å². The Hall–Kier alpha value is -2.29. The van der Waals surface area contributed by atoms with E-state index in [1.54, 1.807) is 24.3 Å². The molecule has 0 aliphatic rings. The Morgan fingerprint density at radius 3 is 2.50 bits per heavy atom. The summed E-state index contributed by atoms with van der Waals surface area (Å²) in [5.74, 6) is 0.790. The van der Waals surface area contributed by atoms with Gasteiger partial charge in [-0.15, -0.1) is 0 Å². The van der Waals surface area contributed by atoms with E-state index >= 15 is 0 Å². The molecule has 0 bridgehead atoms. The topological polar surface area (TPSA) is 46.5 Å². The third kappa shape index (κ3) is 5.12. The number of unbranched alkanes of at least 4 members (excludes halogenated alkanes) is 5. The molecule has 0 unspecified atom stereocenters. The van der Waals surface area contributed by atoms with Gasteiger partial charge in [-0.1, -0.05) is 63.3 Å². The molecule has 0 aliphatic heterocycles. The van der Waals surface area contributed by atoms with Gasteiger partial charge in [0.05, 0.1) is 6.61 Å². The molecular weight excluding hydrogens is 300 g/mol. The lowest BCUT2D eigenvalue weighted by Crippen LogP contribution is -2.00. The van der Waals surface area contributed by atoms with E-state index in [1.807, 2.05) is 18.2 Å². The Morgan fingerprint density at radius 1 is 0.958 bits per heavy atom. The third-order valence-corrected chi connectivity index (χ3v) is 4.10. The molecule has 3 heteroatoms. The van der Waals surface area contributed by atoms with Gasteiger partial charge in [0.1, 0.15) is 11.5 Å². The first-order chi connectivity index (χ1) is 11.8. The molecule has 128 valence electrons. The van der Waals surface area contributed by atoms with Crippen molar-refractivity contribution in [3.63, 3.8) is 0 Å². The Bertz CT molecular complexity index is 649. The predicted molar refractivity (Wildman–Crippen MR) is 97.8 cm³/mol. The maximum absolute atomic E-state index is 11.3. The number of hydrogen-bond acceptors (Lipinski definition) is 3. The van der Waals surface area contributed by atoms with Crippen LogP contribution in [0.25, 0.3) is 11.1 Å². The van der Waals surface area contributed by atoms with Gasteiger partial charge in [0.15, 0.2) is 6.29 Å². The lowest BCUT2D eigenvalue weighted by atomic mass is 9.99. The summed E-state index contributed by atoms with van der Waals surface area (Å²) in [6.07, 6.45) is 8.05. The van der Waals surface area contributed by atoms with Gasteiger partial charge in [0.2, 0.25) is 0 Å². The number of carbonyl (C=O) groups excluding carboxylic acids is 1. The molecule has 2 aromatic rings. The number of aromatic hydroxyl groups is 1.